The molecular formula is C7H10N2O3. The molecule has 1 N–H and O–H groups in total. The molecule has 1 aliphatic heterocycles. The number of nitrogens with zero attached hydrogens (tertiary/aromatic N) is 2. The summed E-state index contributed by atoms with van der Waals surface area (Å²) in [6.07, 6.45) is 3.14. The van der Waals surface area contributed by atoms with Crippen molar-refractivity contribution in [2.24, 2.45) is 0 Å². The zero-order chi connectivity index (χ0) is 9.14. The van der Waals surface area contributed by atoms with Gasteiger partial charge in [0.15, 0.2) is 0 Å². The fourth-order valence-electron chi connectivity index (χ4n) is 0.898. The number of amides is 1. The second-order valence-electron chi connectivity index (χ2n) is 2.60. The van der Waals surface area contributed by atoms with Crippen LogP contribution >= 0.6 is 0 Å². The number of carbonyl (C=O) groups excluding carboxylic acids is 1. The highest BCUT2D eigenvalue weighted by atomic mass is 16.4. The molecule has 0 saturated heterocycles. The molecule has 0 spiro atoms. The second kappa shape index (κ2) is 3.25. The molecule has 0 unspecified atom stereocenters. The maximum atomic E-state index is 11.0. The van der Waals surface area contributed by atoms with Crippen molar-refractivity contribution in [3.05, 3.63) is 12.4 Å². The lowest BCUT2D eigenvalue weighted by molar-refractivity contribution is -0.138. The van der Waals surface area contributed by atoms with Crippen molar-refractivity contribution >= 4 is 11.9 Å². The molecule has 0 radical (unpaired) electrons. The minimum Gasteiger partial charge on any atom is -0.480 e. The summed E-state index contributed by atoms with van der Waals surface area (Å²) in [4.78, 5) is 24.2. The fraction of sp³-hybridized carbons (Fsp3) is 0.429. The van der Waals surface area contributed by atoms with E-state index in [4.69, 9.17) is 5.11 Å². The highest BCUT2D eigenvalue weighted by molar-refractivity contribution is 5.81. The highest BCUT2D eigenvalue weighted by Crippen LogP contribution is 2.01. The van der Waals surface area contributed by atoms with Crippen molar-refractivity contribution in [3.63, 3.8) is 0 Å². The number of carboxylic acids is 1. The quantitative estimate of drug-likeness (QED) is 0.596. The molecule has 5 nitrogen and oxygen atoms in total. The third-order valence-electron chi connectivity index (χ3n) is 1.57. The number of hydrogen-bond acceptors (Lipinski definition) is 3. The van der Waals surface area contributed by atoms with Crippen LogP contribution in [-0.4, -0.2) is 46.9 Å². The maximum Gasteiger partial charge on any atom is 0.323 e. The van der Waals surface area contributed by atoms with Gasteiger partial charge in [0.05, 0.1) is 6.54 Å². The van der Waals surface area contributed by atoms with Crippen LogP contribution in [0, 0.1) is 0 Å². The number of likely N-dealkylation sites (N-methyl/N-ethyl adjacent to an activating group) is 1. The van der Waals surface area contributed by atoms with Crippen molar-refractivity contribution in [2.45, 2.75) is 0 Å². The monoisotopic (exact) mass is 170 g/mol. The van der Waals surface area contributed by atoms with E-state index in [1.54, 1.807) is 19.4 Å². The fourth-order valence-corrected chi connectivity index (χ4v) is 0.898. The van der Waals surface area contributed by atoms with E-state index in [9.17, 15) is 9.59 Å². The van der Waals surface area contributed by atoms with Gasteiger partial charge in [0.25, 0.3) is 0 Å². The van der Waals surface area contributed by atoms with Crippen molar-refractivity contribution in [2.75, 3.05) is 20.1 Å². The molecule has 1 heterocycles. The van der Waals surface area contributed by atoms with Gasteiger partial charge in [-0.1, -0.05) is 0 Å². The first kappa shape index (κ1) is 8.58. The minimum absolute atomic E-state index is 0.0984. The van der Waals surface area contributed by atoms with Crippen LogP contribution in [0.4, 0.5) is 0 Å². The van der Waals surface area contributed by atoms with Gasteiger partial charge in [0, 0.05) is 19.4 Å². The smallest absolute Gasteiger partial charge is 0.323 e. The molecule has 0 aromatic rings. The number of carbonyl (C=O) groups is 2. The summed E-state index contributed by atoms with van der Waals surface area (Å²) in [5.74, 6) is -1.03. The van der Waals surface area contributed by atoms with Crippen LogP contribution in [0.25, 0.3) is 0 Å². The maximum absolute atomic E-state index is 11.0. The predicted molar refractivity (Wildman–Crippen MR) is 41.1 cm³/mol. The Kier molecular flexibility index (Phi) is 2.32. The van der Waals surface area contributed by atoms with Gasteiger partial charge in [-0.05, 0) is 0 Å². The van der Waals surface area contributed by atoms with Crippen LogP contribution in [-0.2, 0) is 9.59 Å². The van der Waals surface area contributed by atoms with Crippen LogP contribution < -0.4 is 0 Å². The third-order valence-corrected chi connectivity index (χ3v) is 1.57. The number of rotatable bonds is 2. The summed E-state index contributed by atoms with van der Waals surface area (Å²) in [5, 5.41) is 8.42. The standard InChI is InChI=1S/C7H10N2O3/c1-8-2-3-9(4-6(8)10)5-7(11)12/h2-3H,4-5H2,1H3,(H,11,12). The Bertz CT molecular complexity index is 237. The predicted octanol–water partition coefficient (Wildman–Crippen LogP) is -0.684. The van der Waals surface area contributed by atoms with E-state index in [1.165, 1.54) is 9.80 Å². The molecule has 1 amide bonds. The molecule has 12 heavy (non-hydrogen) atoms. The van der Waals surface area contributed by atoms with Gasteiger partial charge in [-0.25, -0.2) is 0 Å². The van der Waals surface area contributed by atoms with E-state index in [0.717, 1.165) is 0 Å². The molecule has 0 aromatic carbocycles. The van der Waals surface area contributed by atoms with Crippen LogP contribution in [0.2, 0.25) is 0 Å². The first-order valence-electron chi connectivity index (χ1n) is 3.49. The summed E-state index contributed by atoms with van der Waals surface area (Å²) in [6, 6.07) is 0. The summed E-state index contributed by atoms with van der Waals surface area (Å²) >= 11 is 0. The minimum atomic E-state index is -0.933. The molecule has 1 aliphatic rings. The number of hydrogen-bond donors (Lipinski definition) is 1. The van der Waals surface area contributed by atoms with E-state index >= 15 is 0 Å². The Hall–Kier alpha value is -1.52. The van der Waals surface area contributed by atoms with E-state index < -0.39 is 5.97 Å². The van der Waals surface area contributed by atoms with Crippen LogP contribution in [0.5, 0.6) is 0 Å². The third kappa shape index (κ3) is 1.98. The van der Waals surface area contributed by atoms with Crippen molar-refractivity contribution < 1.29 is 14.7 Å². The molecule has 1 rings (SSSR count). The van der Waals surface area contributed by atoms with E-state index in [1.807, 2.05) is 0 Å². The van der Waals surface area contributed by atoms with Crippen LogP contribution in [0.15, 0.2) is 12.4 Å². The van der Waals surface area contributed by atoms with Gasteiger partial charge in [-0.3, -0.25) is 9.59 Å². The summed E-state index contributed by atoms with van der Waals surface area (Å²) < 4.78 is 0. The Morgan fingerprint density at radius 3 is 2.83 bits per heavy atom. The first-order valence-corrected chi connectivity index (χ1v) is 3.49. The van der Waals surface area contributed by atoms with Crippen molar-refractivity contribution in [1.82, 2.24) is 9.80 Å². The second-order valence-corrected chi connectivity index (χ2v) is 2.60. The molecule has 5 heteroatoms. The number of carboxylic acid groups (broad SMARTS) is 1. The molecule has 0 atom stereocenters. The number of aliphatic carboxylic acids is 1. The molecular weight excluding hydrogens is 160 g/mol. The summed E-state index contributed by atoms with van der Waals surface area (Å²) in [7, 11) is 1.64. The summed E-state index contributed by atoms with van der Waals surface area (Å²) in [6.45, 7) is 0.00931. The van der Waals surface area contributed by atoms with Crippen molar-refractivity contribution in [1.29, 1.82) is 0 Å². The summed E-state index contributed by atoms with van der Waals surface area (Å²) in [5.41, 5.74) is 0. The zero-order valence-electron chi connectivity index (χ0n) is 6.73. The average molecular weight is 170 g/mol. The van der Waals surface area contributed by atoms with E-state index in [0.29, 0.717) is 0 Å². The molecule has 0 fully saturated rings. The largest absolute Gasteiger partial charge is 0.480 e. The lowest BCUT2D eigenvalue weighted by atomic mass is 10.4. The SMILES string of the molecule is CN1C=CN(CC(=O)O)CC1=O. The van der Waals surface area contributed by atoms with Crippen molar-refractivity contribution in [3.8, 4) is 0 Å². The van der Waals surface area contributed by atoms with Gasteiger partial charge < -0.3 is 14.9 Å². The lowest BCUT2D eigenvalue weighted by Gasteiger charge is -2.25. The molecule has 0 saturated carbocycles. The highest BCUT2D eigenvalue weighted by Gasteiger charge is 2.16. The Labute approximate surface area is 69.9 Å². The van der Waals surface area contributed by atoms with Gasteiger partial charge in [-0.2, -0.15) is 0 Å². The van der Waals surface area contributed by atoms with E-state index in [-0.39, 0.29) is 19.0 Å². The van der Waals surface area contributed by atoms with Crippen LogP contribution in [0.3, 0.4) is 0 Å². The van der Waals surface area contributed by atoms with Crippen LogP contribution in [0.1, 0.15) is 0 Å². The first-order chi connectivity index (χ1) is 5.59. The normalized spacial score (nSPS) is 16.9. The lowest BCUT2D eigenvalue weighted by Crippen LogP contribution is -2.39. The molecule has 0 aliphatic carbocycles. The average Bonchev–Trinajstić information content (AvgIpc) is 1.96. The Balaban J connectivity index is 2.55. The topological polar surface area (TPSA) is 60.9 Å². The molecule has 0 bridgehead atoms. The Morgan fingerprint density at radius 1 is 1.67 bits per heavy atom. The van der Waals surface area contributed by atoms with Gasteiger partial charge in [-0.15, -0.1) is 0 Å². The molecule has 66 valence electrons. The van der Waals surface area contributed by atoms with Gasteiger partial charge >= 0.3 is 5.97 Å². The van der Waals surface area contributed by atoms with Gasteiger partial charge in [0.2, 0.25) is 5.91 Å². The van der Waals surface area contributed by atoms with Gasteiger partial charge in [0.1, 0.15) is 6.54 Å². The van der Waals surface area contributed by atoms with E-state index in [2.05, 4.69) is 0 Å². The molecule has 0 aromatic heterocycles. The zero-order valence-corrected chi connectivity index (χ0v) is 6.73. The Morgan fingerprint density at radius 2 is 2.33 bits per heavy atom.